The highest BCUT2D eigenvalue weighted by Crippen LogP contribution is 2.40. The molecule has 0 aromatic heterocycles. The van der Waals surface area contributed by atoms with Crippen LogP contribution in [0, 0.1) is 0 Å². The lowest BCUT2D eigenvalue weighted by atomic mass is 9.99. The highest BCUT2D eigenvalue weighted by Gasteiger charge is 2.32. The normalized spacial score (nSPS) is 19.6. The number of thioether (sulfide) groups is 1. The Bertz CT molecular complexity index is 353. The number of hydrogen-bond acceptors (Lipinski definition) is 3. The zero-order valence-corrected chi connectivity index (χ0v) is 11.5. The van der Waals surface area contributed by atoms with E-state index in [1.54, 1.807) is 0 Å². The number of rotatable bonds is 3. The summed E-state index contributed by atoms with van der Waals surface area (Å²) in [6, 6.07) is 8.40. The van der Waals surface area contributed by atoms with Crippen molar-refractivity contribution in [2.45, 2.75) is 22.5 Å². The van der Waals surface area contributed by atoms with Gasteiger partial charge < -0.3 is 10.5 Å². The molecule has 4 heteroatoms. The maximum Gasteiger partial charge on any atom is 0.0479 e. The Labute approximate surface area is 109 Å². The average molecular weight is 302 g/mol. The number of hydrogen-bond donors (Lipinski definition) is 1. The van der Waals surface area contributed by atoms with Crippen LogP contribution in [0.15, 0.2) is 33.6 Å². The molecule has 1 heterocycles. The molecule has 2 N–H and O–H groups in total. The minimum absolute atomic E-state index is 0.166. The van der Waals surface area contributed by atoms with E-state index in [2.05, 4.69) is 34.1 Å². The highest BCUT2D eigenvalue weighted by atomic mass is 79.9. The third-order valence-electron chi connectivity index (χ3n) is 2.91. The summed E-state index contributed by atoms with van der Waals surface area (Å²) in [4.78, 5) is 1.28. The summed E-state index contributed by atoms with van der Waals surface area (Å²) in [5.41, 5.74) is 5.94. The second-order valence-electron chi connectivity index (χ2n) is 4.06. The molecule has 2 rings (SSSR count). The fourth-order valence-corrected chi connectivity index (χ4v) is 3.71. The molecule has 88 valence electrons. The number of benzene rings is 1. The van der Waals surface area contributed by atoms with Crippen molar-refractivity contribution in [1.29, 1.82) is 0 Å². The Kier molecular flexibility index (Phi) is 4.30. The van der Waals surface area contributed by atoms with Crippen molar-refractivity contribution in [2.24, 2.45) is 5.73 Å². The fourth-order valence-electron chi connectivity index (χ4n) is 1.87. The molecule has 1 fully saturated rings. The lowest BCUT2D eigenvalue weighted by Gasteiger charge is -2.35. The van der Waals surface area contributed by atoms with Gasteiger partial charge in [-0.1, -0.05) is 22.0 Å². The summed E-state index contributed by atoms with van der Waals surface area (Å²) >= 11 is 5.39. The van der Waals surface area contributed by atoms with Gasteiger partial charge in [-0.2, -0.15) is 0 Å². The number of nitrogens with two attached hydrogens (primary N) is 1. The lowest BCUT2D eigenvalue weighted by Crippen LogP contribution is -2.40. The molecule has 1 aliphatic heterocycles. The molecular formula is C12H16BrNOS. The van der Waals surface area contributed by atoms with E-state index in [9.17, 15) is 0 Å². The minimum atomic E-state index is 0.166. The van der Waals surface area contributed by atoms with E-state index < -0.39 is 0 Å². The zero-order chi connectivity index (χ0) is 11.4. The number of halogens is 1. The van der Waals surface area contributed by atoms with Crippen LogP contribution in [0.3, 0.4) is 0 Å². The van der Waals surface area contributed by atoms with Gasteiger partial charge in [0.1, 0.15) is 0 Å². The van der Waals surface area contributed by atoms with Crippen LogP contribution in [-0.4, -0.2) is 24.5 Å². The molecule has 1 aliphatic rings. The van der Waals surface area contributed by atoms with E-state index in [1.807, 2.05) is 17.8 Å². The van der Waals surface area contributed by atoms with Gasteiger partial charge in [0, 0.05) is 33.9 Å². The van der Waals surface area contributed by atoms with Gasteiger partial charge in [-0.05, 0) is 31.0 Å². The molecule has 0 radical (unpaired) electrons. The second kappa shape index (κ2) is 5.54. The first-order chi connectivity index (χ1) is 7.74. The van der Waals surface area contributed by atoms with Crippen molar-refractivity contribution in [2.75, 3.05) is 19.8 Å². The van der Waals surface area contributed by atoms with Gasteiger partial charge in [-0.3, -0.25) is 0 Å². The van der Waals surface area contributed by atoms with Gasteiger partial charge in [-0.25, -0.2) is 0 Å². The van der Waals surface area contributed by atoms with Gasteiger partial charge in [0.25, 0.3) is 0 Å². The quantitative estimate of drug-likeness (QED) is 0.932. The van der Waals surface area contributed by atoms with Crippen molar-refractivity contribution in [3.63, 3.8) is 0 Å². The van der Waals surface area contributed by atoms with Crippen molar-refractivity contribution in [3.05, 3.63) is 28.7 Å². The molecule has 1 aromatic carbocycles. The third-order valence-corrected chi connectivity index (χ3v) is 4.90. The molecule has 16 heavy (non-hydrogen) atoms. The lowest BCUT2D eigenvalue weighted by molar-refractivity contribution is 0.0792. The molecule has 0 spiro atoms. The topological polar surface area (TPSA) is 35.2 Å². The molecule has 0 saturated carbocycles. The summed E-state index contributed by atoms with van der Waals surface area (Å²) < 4.78 is 6.70. The summed E-state index contributed by atoms with van der Waals surface area (Å²) in [5.74, 6) is 0. The summed E-state index contributed by atoms with van der Waals surface area (Å²) in [6.45, 7) is 2.38. The molecule has 2 nitrogen and oxygen atoms in total. The monoisotopic (exact) mass is 301 g/mol. The maximum atomic E-state index is 5.94. The molecule has 1 aromatic rings. The van der Waals surface area contributed by atoms with E-state index in [4.69, 9.17) is 10.5 Å². The van der Waals surface area contributed by atoms with Crippen LogP contribution in [0.25, 0.3) is 0 Å². The Morgan fingerprint density at radius 2 is 2.12 bits per heavy atom. The predicted molar refractivity (Wildman–Crippen MR) is 71.8 cm³/mol. The van der Waals surface area contributed by atoms with Crippen LogP contribution < -0.4 is 5.73 Å². The maximum absolute atomic E-state index is 5.94. The first-order valence-corrected chi connectivity index (χ1v) is 7.07. The van der Waals surface area contributed by atoms with Crippen molar-refractivity contribution in [3.8, 4) is 0 Å². The van der Waals surface area contributed by atoms with E-state index in [0.29, 0.717) is 6.54 Å². The van der Waals surface area contributed by atoms with Crippen molar-refractivity contribution < 1.29 is 4.74 Å². The van der Waals surface area contributed by atoms with Gasteiger partial charge in [0.2, 0.25) is 0 Å². The Balaban J connectivity index is 2.11. The van der Waals surface area contributed by atoms with Crippen LogP contribution in [0.5, 0.6) is 0 Å². The second-order valence-corrected chi connectivity index (χ2v) is 6.52. The first-order valence-electron chi connectivity index (χ1n) is 5.46. The minimum Gasteiger partial charge on any atom is -0.381 e. The number of ether oxygens (including phenoxy) is 1. The average Bonchev–Trinajstić information content (AvgIpc) is 2.30. The van der Waals surface area contributed by atoms with Crippen LogP contribution >= 0.6 is 27.7 Å². The largest absolute Gasteiger partial charge is 0.381 e. The molecule has 0 atom stereocenters. The van der Waals surface area contributed by atoms with E-state index in [1.165, 1.54) is 4.90 Å². The highest BCUT2D eigenvalue weighted by molar-refractivity contribution is 9.10. The van der Waals surface area contributed by atoms with E-state index in [0.717, 1.165) is 30.5 Å². The predicted octanol–water partition coefficient (Wildman–Crippen LogP) is 3.05. The SMILES string of the molecule is NCC1(Sc2cccc(Br)c2)CCOCC1. The summed E-state index contributed by atoms with van der Waals surface area (Å²) in [6.07, 6.45) is 2.08. The molecule has 0 aliphatic carbocycles. The third kappa shape index (κ3) is 3.00. The fraction of sp³-hybridized carbons (Fsp3) is 0.500. The van der Waals surface area contributed by atoms with Crippen LogP contribution in [0.1, 0.15) is 12.8 Å². The summed E-state index contributed by atoms with van der Waals surface area (Å²) in [5, 5.41) is 0. The first kappa shape index (κ1) is 12.4. The van der Waals surface area contributed by atoms with E-state index in [-0.39, 0.29) is 4.75 Å². The van der Waals surface area contributed by atoms with Crippen LogP contribution in [0.4, 0.5) is 0 Å². The van der Waals surface area contributed by atoms with Gasteiger partial charge in [0.15, 0.2) is 0 Å². The van der Waals surface area contributed by atoms with Crippen LogP contribution in [-0.2, 0) is 4.74 Å². The molecule has 0 unspecified atom stereocenters. The smallest absolute Gasteiger partial charge is 0.0479 e. The molecule has 1 saturated heterocycles. The van der Waals surface area contributed by atoms with Gasteiger partial charge in [0.05, 0.1) is 0 Å². The standard InChI is InChI=1S/C12H16BrNOS/c13-10-2-1-3-11(8-10)16-12(9-14)4-6-15-7-5-12/h1-3,8H,4-7,9,14H2. The summed E-state index contributed by atoms with van der Waals surface area (Å²) in [7, 11) is 0. The van der Waals surface area contributed by atoms with Crippen molar-refractivity contribution in [1.82, 2.24) is 0 Å². The van der Waals surface area contributed by atoms with Gasteiger partial charge >= 0.3 is 0 Å². The van der Waals surface area contributed by atoms with Gasteiger partial charge in [-0.15, -0.1) is 11.8 Å². The van der Waals surface area contributed by atoms with Crippen molar-refractivity contribution >= 4 is 27.7 Å². The zero-order valence-electron chi connectivity index (χ0n) is 9.12. The van der Waals surface area contributed by atoms with Crippen LogP contribution in [0.2, 0.25) is 0 Å². The Hall–Kier alpha value is -0.0300. The molecule has 0 bridgehead atoms. The Morgan fingerprint density at radius 3 is 2.75 bits per heavy atom. The molecular weight excluding hydrogens is 286 g/mol. The molecule has 0 amide bonds. The Morgan fingerprint density at radius 1 is 1.38 bits per heavy atom. The van der Waals surface area contributed by atoms with E-state index >= 15 is 0 Å².